The van der Waals surface area contributed by atoms with Crippen molar-refractivity contribution in [3.63, 3.8) is 0 Å². The molecule has 2 aromatic rings. The fourth-order valence-corrected chi connectivity index (χ4v) is 6.29. The number of nitrogens with one attached hydrogen (secondary N) is 2. The van der Waals surface area contributed by atoms with Crippen molar-refractivity contribution in [2.45, 2.75) is 84.5 Å². The average molecular weight is 490 g/mol. The first-order valence-corrected chi connectivity index (χ1v) is 13.1. The van der Waals surface area contributed by atoms with Crippen molar-refractivity contribution in [2.75, 3.05) is 5.32 Å². The molecule has 1 amide bonds. The van der Waals surface area contributed by atoms with Gasteiger partial charge in [0, 0.05) is 35.0 Å². The van der Waals surface area contributed by atoms with Gasteiger partial charge in [-0.25, -0.2) is 4.98 Å². The molecule has 0 radical (unpaired) electrons. The summed E-state index contributed by atoms with van der Waals surface area (Å²) in [6.45, 7) is 14.7. The Hall–Kier alpha value is -2.70. The summed E-state index contributed by atoms with van der Waals surface area (Å²) in [5, 5.41) is 15.5. The molecule has 1 aromatic carbocycles. The van der Waals surface area contributed by atoms with Gasteiger partial charge in [-0.1, -0.05) is 52.0 Å². The van der Waals surface area contributed by atoms with Crippen molar-refractivity contribution in [2.24, 2.45) is 17.3 Å². The molecule has 2 unspecified atom stereocenters. The summed E-state index contributed by atoms with van der Waals surface area (Å²) >= 11 is 0. The van der Waals surface area contributed by atoms with E-state index in [1.54, 1.807) is 6.20 Å². The molecule has 1 aromatic heterocycles. The van der Waals surface area contributed by atoms with Crippen LogP contribution in [0.5, 0.6) is 0 Å². The number of rotatable bonds is 4. The average Bonchev–Trinajstić information content (AvgIpc) is 3.40. The van der Waals surface area contributed by atoms with Crippen LogP contribution < -0.4 is 5.32 Å². The predicted octanol–water partition coefficient (Wildman–Crippen LogP) is 6.14. The Bertz CT molecular complexity index is 1250. The molecule has 5 rings (SSSR count). The molecule has 1 fully saturated rings. The van der Waals surface area contributed by atoms with Gasteiger partial charge in [-0.05, 0) is 68.7 Å². The monoisotopic (exact) mass is 489 g/mol. The molecule has 3 aliphatic rings. The Morgan fingerprint density at radius 3 is 2.36 bits per heavy atom. The van der Waals surface area contributed by atoms with Crippen LogP contribution in [0.2, 0.25) is 0 Å². The van der Waals surface area contributed by atoms with E-state index >= 15 is 0 Å². The van der Waals surface area contributed by atoms with Crippen LogP contribution in [0.25, 0.3) is 5.57 Å². The van der Waals surface area contributed by atoms with Gasteiger partial charge in [0.15, 0.2) is 5.82 Å². The minimum absolute atomic E-state index is 0.162. The van der Waals surface area contributed by atoms with E-state index < -0.39 is 16.8 Å². The number of hydrogen-bond acceptors (Lipinski definition) is 4. The van der Waals surface area contributed by atoms with Crippen LogP contribution in [-0.2, 0) is 10.3 Å². The second-order valence-electron chi connectivity index (χ2n) is 12.3. The van der Waals surface area contributed by atoms with Gasteiger partial charge < -0.3 is 20.1 Å². The highest BCUT2D eigenvalue weighted by atomic mass is 16.5. The zero-order valence-electron chi connectivity index (χ0n) is 22.5. The highest BCUT2D eigenvalue weighted by molar-refractivity contribution is 6.03. The maximum absolute atomic E-state index is 13.0. The highest BCUT2D eigenvalue weighted by Crippen LogP contribution is 2.58. The molecule has 2 aliphatic heterocycles. The van der Waals surface area contributed by atoms with Crippen LogP contribution in [-0.4, -0.2) is 32.2 Å². The summed E-state index contributed by atoms with van der Waals surface area (Å²) in [6, 6.07) is 5.99. The molecule has 0 saturated carbocycles. The number of imidazole rings is 1. The van der Waals surface area contributed by atoms with Crippen molar-refractivity contribution in [1.29, 1.82) is 0 Å². The highest BCUT2D eigenvalue weighted by Gasteiger charge is 2.63. The van der Waals surface area contributed by atoms with Gasteiger partial charge in [-0.2, -0.15) is 0 Å². The van der Waals surface area contributed by atoms with Crippen LogP contribution in [0, 0.1) is 24.2 Å². The summed E-state index contributed by atoms with van der Waals surface area (Å²) in [5.74, 6) is -0.311. The maximum atomic E-state index is 13.0. The fourth-order valence-electron chi connectivity index (χ4n) is 6.29. The smallest absolute Gasteiger partial charge is 0.291 e. The van der Waals surface area contributed by atoms with E-state index in [0.29, 0.717) is 0 Å². The number of fused-ring (bicyclic) bond motifs is 2. The second kappa shape index (κ2) is 8.15. The molecule has 192 valence electrons. The van der Waals surface area contributed by atoms with E-state index in [1.165, 1.54) is 5.57 Å². The van der Waals surface area contributed by atoms with E-state index in [2.05, 4.69) is 81.1 Å². The van der Waals surface area contributed by atoms with Gasteiger partial charge in [0.1, 0.15) is 5.60 Å². The number of carbonyl (C=O) groups is 1. The van der Waals surface area contributed by atoms with Gasteiger partial charge in [0.05, 0.1) is 11.2 Å². The number of aliphatic hydroxyl groups is 1. The second-order valence-corrected chi connectivity index (χ2v) is 12.3. The number of aromatic amines is 1. The van der Waals surface area contributed by atoms with Gasteiger partial charge in [0.2, 0.25) is 0 Å². The number of ether oxygens (including phenoxy) is 1. The van der Waals surface area contributed by atoms with E-state index in [9.17, 15) is 9.90 Å². The zero-order chi connectivity index (χ0) is 26.1. The van der Waals surface area contributed by atoms with Gasteiger partial charge in [-0.3, -0.25) is 4.79 Å². The minimum Gasteiger partial charge on any atom is -0.384 e. The van der Waals surface area contributed by atoms with E-state index in [4.69, 9.17) is 4.74 Å². The quantitative estimate of drug-likeness (QED) is 0.450. The van der Waals surface area contributed by atoms with Crippen molar-refractivity contribution < 1.29 is 14.6 Å². The molecule has 6 nitrogen and oxygen atoms in total. The molecule has 5 atom stereocenters. The van der Waals surface area contributed by atoms with Crippen LogP contribution in [0.1, 0.15) is 88.2 Å². The fraction of sp³-hybridized carbons (Fsp3) is 0.533. The molecule has 0 spiro atoms. The largest absolute Gasteiger partial charge is 0.384 e. The number of anilines is 1. The molecule has 2 bridgehead atoms. The third kappa shape index (κ3) is 3.86. The number of H-pyrrole nitrogens is 1. The molecular formula is C30H39N3O3. The molecule has 3 heterocycles. The van der Waals surface area contributed by atoms with Crippen LogP contribution in [0.3, 0.4) is 0 Å². The van der Waals surface area contributed by atoms with Crippen molar-refractivity contribution in [3.8, 4) is 0 Å². The standard InChI is InChI=1S/C30H39N3O3/c1-18-17-31-25(32-18)26(34)33-24-9-8-22(16-23(24)21-10-12-27(4,5)13-11-21)30(35)19(2)28(6)14-15-29(7,36-28)20(30)3/h8-10,14-17,19-20,35H,11-13H2,1-7H3,(H,31,32)(H,33,34)/t19-,20+,28+,29?,30?/m0/s1. The first-order chi connectivity index (χ1) is 16.8. The van der Waals surface area contributed by atoms with E-state index in [0.717, 1.165) is 41.8 Å². The van der Waals surface area contributed by atoms with E-state index in [1.807, 2.05) is 19.1 Å². The lowest BCUT2D eigenvalue weighted by Gasteiger charge is -2.55. The number of aryl methyl sites for hydroxylation is 1. The SMILES string of the molecule is Cc1cnc(C(=O)Nc2ccc(C3(O)[C@H](C)C4(C)C=C[C@@](C)(O4)[C@@H]3C)cc2C2=CCC(C)(C)CC2)[nH]1. The van der Waals surface area contributed by atoms with Crippen LogP contribution in [0.4, 0.5) is 5.69 Å². The topological polar surface area (TPSA) is 87.2 Å². The molecule has 1 aliphatic carbocycles. The molecule has 6 heteroatoms. The van der Waals surface area contributed by atoms with Crippen molar-refractivity contribution >= 4 is 17.2 Å². The summed E-state index contributed by atoms with van der Waals surface area (Å²) in [7, 11) is 0. The zero-order valence-corrected chi connectivity index (χ0v) is 22.5. The summed E-state index contributed by atoms with van der Waals surface area (Å²) in [4.78, 5) is 20.2. The van der Waals surface area contributed by atoms with E-state index in [-0.39, 0.29) is 29.0 Å². The first-order valence-electron chi connectivity index (χ1n) is 13.1. The Labute approximate surface area is 214 Å². The lowest BCUT2D eigenvalue weighted by Crippen LogP contribution is -2.61. The van der Waals surface area contributed by atoms with Crippen LogP contribution >= 0.6 is 0 Å². The van der Waals surface area contributed by atoms with Gasteiger partial charge >= 0.3 is 0 Å². The third-order valence-corrected chi connectivity index (χ3v) is 9.19. The lowest BCUT2D eigenvalue weighted by atomic mass is 9.62. The van der Waals surface area contributed by atoms with Crippen molar-refractivity contribution in [3.05, 3.63) is 65.3 Å². The number of hydrogen-bond donors (Lipinski definition) is 3. The van der Waals surface area contributed by atoms with Gasteiger partial charge in [0.25, 0.3) is 5.91 Å². The van der Waals surface area contributed by atoms with Crippen LogP contribution in [0.15, 0.2) is 42.6 Å². The Morgan fingerprint density at radius 1 is 1.14 bits per heavy atom. The number of allylic oxidation sites excluding steroid dienone is 2. The Balaban J connectivity index is 1.59. The molecule has 1 saturated heterocycles. The first kappa shape index (κ1) is 25.0. The normalized spacial score (nSPS) is 34.9. The number of aromatic nitrogens is 2. The number of amides is 1. The Kier molecular flexibility index (Phi) is 5.66. The number of benzene rings is 1. The molecule has 36 heavy (non-hydrogen) atoms. The number of nitrogens with zero attached hydrogens (tertiary/aromatic N) is 1. The molecular weight excluding hydrogens is 450 g/mol. The summed E-state index contributed by atoms with van der Waals surface area (Å²) in [5.41, 5.74) is 2.66. The number of carbonyl (C=O) groups excluding carboxylic acids is 1. The maximum Gasteiger partial charge on any atom is 0.291 e. The van der Waals surface area contributed by atoms with Gasteiger partial charge in [-0.15, -0.1) is 0 Å². The summed E-state index contributed by atoms with van der Waals surface area (Å²) in [6.07, 6.45) is 11.1. The predicted molar refractivity (Wildman–Crippen MR) is 143 cm³/mol. The Morgan fingerprint density at radius 2 is 1.81 bits per heavy atom. The third-order valence-electron chi connectivity index (χ3n) is 9.19. The lowest BCUT2D eigenvalue weighted by molar-refractivity contribution is -0.257. The summed E-state index contributed by atoms with van der Waals surface area (Å²) < 4.78 is 6.46. The molecule has 3 N–H and O–H groups in total. The van der Waals surface area contributed by atoms with Crippen molar-refractivity contribution in [1.82, 2.24) is 9.97 Å². The minimum atomic E-state index is -1.10.